The number of aromatic nitrogens is 2. The summed E-state index contributed by atoms with van der Waals surface area (Å²) in [7, 11) is 0. The van der Waals surface area contributed by atoms with E-state index in [0.717, 1.165) is 36.4 Å². The summed E-state index contributed by atoms with van der Waals surface area (Å²) < 4.78 is 5.59. The fourth-order valence-electron chi connectivity index (χ4n) is 1.64. The van der Waals surface area contributed by atoms with Crippen LogP contribution in [0.4, 0.5) is 0 Å². The molecule has 4 heteroatoms. The summed E-state index contributed by atoms with van der Waals surface area (Å²) in [4.78, 5) is 8.66. The van der Waals surface area contributed by atoms with Crippen LogP contribution in [-0.2, 0) is 6.42 Å². The zero-order valence-corrected chi connectivity index (χ0v) is 9.73. The lowest BCUT2D eigenvalue weighted by atomic mass is 10.1. The lowest BCUT2D eigenvalue weighted by Crippen LogP contribution is -2.14. The van der Waals surface area contributed by atoms with E-state index in [1.165, 1.54) is 0 Å². The highest BCUT2D eigenvalue weighted by Gasteiger charge is 2.06. The molecule has 86 valence electrons. The average molecular weight is 219 g/mol. The molecule has 0 saturated carbocycles. The first-order chi connectivity index (χ1) is 7.65. The van der Waals surface area contributed by atoms with Gasteiger partial charge in [-0.3, -0.25) is 0 Å². The number of aryl methyl sites for hydroxylation is 2. The summed E-state index contributed by atoms with van der Waals surface area (Å²) in [6.45, 7) is 3.96. The molecule has 2 aromatic rings. The third-order valence-electron chi connectivity index (χ3n) is 2.49. The van der Waals surface area contributed by atoms with E-state index < -0.39 is 0 Å². The van der Waals surface area contributed by atoms with Crippen LogP contribution in [0.3, 0.4) is 0 Å². The van der Waals surface area contributed by atoms with Gasteiger partial charge in [-0.2, -0.15) is 4.98 Å². The van der Waals surface area contributed by atoms with Gasteiger partial charge in [0, 0.05) is 18.2 Å². The lowest BCUT2D eigenvalue weighted by molar-refractivity contribution is 0.503. The number of nitrogens with zero attached hydrogens (tertiary/aromatic N) is 2. The first-order valence-corrected chi connectivity index (χ1v) is 5.64. The summed E-state index contributed by atoms with van der Waals surface area (Å²) in [5, 5.41) is 0. The van der Waals surface area contributed by atoms with Gasteiger partial charge in [-0.25, -0.2) is 4.98 Å². The minimum absolute atomic E-state index is 0.241. The van der Waals surface area contributed by atoms with Crippen molar-refractivity contribution >= 4 is 11.2 Å². The molecule has 0 saturated heterocycles. The number of oxazole rings is 1. The first kappa shape index (κ1) is 11.1. The van der Waals surface area contributed by atoms with Crippen molar-refractivity contribution in [3.8, 4) is 0 Å². The predicted octanol–water partition coefficient (Wildman–Crippen LogP) is 2.20. The molecule has 2 N–H and O–H groups in total. The molecule has 0 aliphatic rings. The van der Waals surface area contributed by atoms with Crippen molar-refractivity contribution in [2.45, 2.75) is 39.2 Å². The van der Waals surface area contributed by atoms with Crippen molar-refractivity contribution in [3.63, 3.8) is 0 Å². The van der Waals surface area contributed by atoms with Crippen LogP contribution in [0, 0.1) is 6.92 Å². The van der Waals surface area contributed by atoms with Crippen LogP contribution >= 0.6 is 0 Å². The highest BCUT2D eigenvalue weighted by molar-refractivity contribution is 5.67. The number of nitrogens with two attached hydrogens (primary N) is 1. The maximum Gasteiger partial charge on any atom is 0.199 e. The van der Waals surface area contributed by atoms with Crippen LogP contribution in [0.5, 0.6) is 0 Å². The van der Waals surface area contributed by atoms with Crippen molar-refractivity contribution in [3.05, 3.63) is 23.7 Å². The summed E-state index contributed by atoms with van der Waals surface area (Å²) in [6, 6.07) is 4.09. The van der Waals surface area contributed by atoms with Gasteiger partial charge in [0.15, 0.2) is 17.1 Å². The third kappa shape index (κ3) is 2.58. The van der Waals surface area contributed by atoms with Crippen LogP contribution in [0.15, 0.2) is 16.5 Å². The molecule has 0 radical (unpaired) electrons. The lowest BCUT2D eigenvalue weighted by Gasteiger charge is -2.01. The van der Waals surface area contributed by atoms with Crippen molar-refractivity contribution in [2.24, 2.45) is 5.73 Å². The molecule has 1 atom stereocenters. The maximum absolute atomic E-state index is 5.69. The Kier molecular flexibility index (Phi) is 3.19. The molecule has 2 heterocycles. The fourth-order valence-corrected chi connectivity index (χ4v) is 1.64. The Morgan fingerprint density at radius 1 is 1.38 bits per heavy atom. The molecule has 0 aliphatic carbocycles. The number of hydrogen-bond donors (Lipinski definition) is 1. The molecule has 0 aromatic carbocycles. The van der Waals surface area contributed by atoms with E-state index in [2.05, 4.69) is 9.97 Å². The average Bonchev–Trinajstić information content (AvgIpc) is 2.58. The Morgan fingerprint density at radius 2 is 2.19 bits per heavy atom. The van der Waals surface area contributed by atoms with E-state index in [1.54, 1.807) is 0 Å². The highest BCUT2D eigenvalue weighted by atomic mass is 16.3. The topological polar surface area (TPSA) is 64.9 Å². The summed E-state index contributed by atoms with van der Waals surface area (Å²) in [5.41, 5.74) is 8.12. The molecule has 2 aromatic heterocycles. The molecular weight excluding hydrogens is 202 g/mol. The second kappa shape index (κ2) is 4.61. The van der Waals surface area contributed by atoms with Gasteiger partial charge < -0.3 is 10.2 Å². The van der Waals surface area contributed by atoms with E-state index >= 15 is 0 Å². The SMILES string of the molecule is Cc1ccc2oc(CCCC(C)N)nc2n1. The number of pyridine rings is 1. The predicted molar refractivity (Wildman–Crippen MR) is 63.1 cm³/mol. The van der Waals surface area contributed by atoms with Crippen LogP contribution < -0.4 is 5.73 Å². The molecule has 2 rings (SSSR count). The van der Waals surface area contributed by atoms with Crippen LogP contribution in [-0.4, -0.2) is 16.0 Å². The Balaban J connectivity index is 2.08. The zero-order chi connectivity index (χ0) is 11.5. The number of fused-ring (bicyclic) bond motifs is 1. The largest absolute Gasteiger partial charge is 0.439 e. The van der Waals surface area contributed by atoms with Gasteiger partial charge in [0.1, 0.15) is 0 Å². The van der Waals surface area contributed by atoms with Gasteiger partial charge in [0.05, 0.1) is 0 Å². The normalized spacial score (nSPS) is 13.2. The molecule has 4 nitrogen and oxygen atoms in total. The molecule has 0 spiro atoms. The molecule has 16 heavy (non-hydrogen) atoms. The van der Waals surface area contributed by atoms with E-state index in [1.807, 2.05) is 26.0 Å². The molecule has 0 bridgehead atoms. The first-order valence-electron chi connectivity index (χ1n) is 5.64. The van der Waals surface area contributed by atoms with Crippen LogP contribution in [0.1, 0.15) is 31.4 Å². The van der Waals surface area contributed by atoms with Crippen molar-refractivity contribution in [1.82, 2.24) is 9.97 Å². The second-order valence-electron chi connectivity index (χ2n) is 4.25. The molecule has 1 unspecified atom stereocenters. The van der Waals surface area contributed by atoms with Gasteiger partial charge in [-0.1, -0.05) is 0 Å². The standard InChI is InChI=1S/C12H17N3O/c1-8(13)4-3-5-11-15-12-10(16-11)7-6-9(2)14-12/h6-8H,3-5,13H2,1-2H3. The Bertz CT molecular complexity index is 476. The monoisotopic (exact) mass is 219 g/mol. The maximum atomic E-state index is 5.69. The van der Waals surface area contributed by atoms with Crippen molar-refractivity contribution in [1.29, 1.82) is 0 Å². The zero-order valence-electron chi connectivity index (χ0n) is 9.73. The Hall–Kier alpha value is -1.42. The van der Waals surface area contributed by atoms with Gasteiger partial charge >= 0.3 is 0 Å². The Morgan fingerprint density at radius 3 is 2.94 bits per heavy atom. The van der Waals surface area contributed by atoms with E-state index in [-0.39, 0.29) is 6.04 Å². The highest BCUT2D eigenvalue weighted by Crippen LogP contribution is 2.15. The van der Waals surface area contributed by atoms with Crippen molar-refractivity contribution < 1.29 is 4.42 Å². The number of rotatable bonds is 4. The van der Waals surface area contributed by atoms with Gasteiger partial charge in [0.25, 0.3) is 0 Å². The van der Waals surface area contributed by atoms with Gasteiger partial charge in [-0.05, 0) is 38.8 Å². The minimum Gasteiger partial charge on any atom is -0.439 e. The summed E-state index contributed by atoms with van der Waals surface area (Å²) in [5.74, 6) is 0.758. The molecule has 0 aliphatic heterocycles. The molecular formula is C12H17N3O. The summed E-state index contributed by atoms with van der Waals surface area (Å²) in [6.07, 6.45) is 2.82. The minimum atomic E-state index is 0.241. The third-order valence-corrected chi connectivity index (χ3v) is 2.49. The van der Waals surface area contributed by atoms with E-state index in [0.29, 0.717) is 5.65 Å². The second-order valence-corrected chi connectivity index (χ2v) is 4.25. The van der Waals surface area contributed by atoms with Crippen molar-refractivity contribution in [2.75, 3.05) is 0 Å². The quantitative estimate of drug-likeness (QED) is 0.856. The van der Waals surface area contributed by atoms with Gasteiger partial charge in [0.2, 0.25) is 0 Å². The van der Waals surface area contributed by atoms with Crippen LogP contribution in [0.25, 0.3) is 11.2 Å². The van der Waals surface area contributed by atoms with Gasteiger partial charge in [-0.15, -0.1) is 0 Å². The fraction of sp³-hybridized carbons (Fsp3) is 0.500. The molecule has 0 amide bonds. The molecule has 0 fully saturated rings. The smallest absolute Gasteiger partial charge is 0.199 e. The van der Waals surface area contributed by atoms with E-state index in [4.69, 9.17) is 10.2 Å². The number of hydrogen-bond acceptors (Lipinski definition) is 4. The Labute approximate surface area is 94.9 Å². The summed E-state index contributed by atoms with van der Waals surface area (Å²) >= 11 is 0. The van der Waals surface area contributed by atoms with Crippen LogP contribution in [0.2, 0.25) is 0 Å². The van der Waals surface area contributed by atoms with E-state index in [9.17, 15) is 0 Å².